The smallest absolute Gasteiger partial charge is 0.389 e. The number of alkyl halides is 3. The summed E-state index contributed by atoms with van der Waals surface area (Å²) >= 11 is 0. The van der Waals surface area contributed by atoms with Crippen LogP contribution in [0, 0.1) is 18.6 Å². The summed E-state index contributed by atoms with van der Waals surface area (Å²) in [6.45, 7) is 4.06. The number of nitrogens with zero attached hydrogens (tertiary/aromatic N) is 4. The topological polar surface area (TPSA) is 69.1 Å². The van der Waals surface area contributed by atoms with Crippen LogP contribution in [0.3, 0.4) is 0 Å². The molecule has 0 spiro atoms. The maximum absolute atomic E-state index is 14.0. The Labute approximate surface area is 217 Å². The molecule has 7 nitrogen and oxygen atoms in total. The van der Waals surface area contributed by atoms with Crippen LogP contribution in [0.1, 0.15) is 31.0 Å². The molecule has 2 aromatic rings. The molecule has 208 valence electrons. The normalized spacial score (nSPS) is 24.2. The molecule has 0 saturated carbocycles. The molecule has 0 bridgehead atoms. The molecule has 38 heavy (non-hydrogen) atoms. The Kier molecular flexibility index (Phi) is 8.24. The van der Waals surface area contributed by atoms with Gasteiger partial charge in [-0.25, -0.2) is 13.8 Å². The molecule has 2 saturated heterocycles. The lowest BCUT2D eigenvalue weighted by atomic mass is 10.0. The van der Waals surface area contributed by atoms with Gasteiger partial charge in [0.15, 0.2) is 11.6 Å². The average molecular weight is 543 g/mol. The molecule has 1 amide bonds. The van der Waals surface area contributed by atoms with E-state index in [-0.39, 0.29) is 55.4 Å². The molecule has 4 rings (SSSR count). The van der Waals surface area contributed by atoms with Crippen LogP contribution >= 0.6 is 0 Å². The zero-order valence-corrected chi connectivity index (χ0v) is 21.4. The van der Waals surface area contributed by atoms with E-state index in [1.807, 2.05) is 11.9 Å². The molecule has 1 aromatic heterocycles. The summed E-state index contributed by atoms with van der Waals surface area (Å²) < 4.78 is 73.7. The molecule has 0 aliphatic carbocycles. The van der Waals surface area contributed by atoms with Crippen LogP contribution in [0.2, 0.25) is 0 Å². The quantitative estimate of drug-likeness (QED) is 0.561. The third-order valence-electron chi connectivity index (χ3n) is 7.31. The van der Waals surface area contributed by atoms with E-state index in [2.05, 4.69) is 4.98 Å². The summed E-state index contributed by atoms with van der Waals surface area (Å²) in [7, 11) is 1.81. The van der Waals surface area contributed by atoms with Gasteiger partial charge in [0.1, 0.15) is 11.9 Å². The molecule has 2 aliphatic heterocycles. The SMILES string of the molecule is CCN(C(=O)C1CC(N(C)[C@@H]2CCOC[C@H]2O)CN1c1cc(C(F)(F)F)cc(C)n1)c1ccc(F)c(F)c1. The van der Waals surface area contributed by atoms with E-state index in [1.54, 1.807) is 11.8 Å². The van der Waals surface area contributed by atoms with Crippen molar-refractivity contribution in [3.63, 3.8) is 0 Å². The van der Waals surface area contributed by atoms with Crippen LogP contribution in [-0.4, -0.2) is 78.5 Å². The monoisotopic (exact) mass is 542 g/mol. The highest BCUT2D eigenvalue weighted by molar-refractivity contribution is 5.99. The third kappa shape index (κ3) is 5.76. The number of aliphatic hydroxyl groups excluding tert-OH is 1. The summed E-state index contributed by atoms with van der Waals surface area (Å²) in [5.74, 6) is -2.64. The molecule has 2 aliphatic rings. The van der Waals surface area contributed by atoms with Gasteiger partial charge in [-0.1, -0.05) is 0 Å². The highest BCUT2D eigenvalue weighted by Crippen LogP contribution is 2.36. The molecule has 0 radical (unpaired) electrons. The van der Waals surface area contributed by atoms with Gasteiger partial charge in [-0.2, -0.15) is 13.2 Å². The predicted octanol–water partition coefficient (Wildman–Crippen LogP) is 3.77. The first-order chi connectivity index (χ1) is 17.9. The summed E-state index contributed by atoms with van der Waals surface area (Å²) in [4.78, 5) is 23.0. The highest BCUT2D eigenvalue weighted by atomic mass is 19.4. The summed E-state index contributed by atoms with van der Waals surface area (Å²) in [5, 5.41) is 10.5. The Morgan fingerprint density at radius 3 is 2.58 bits per heavy atom. The summed E-state index contributed by atoms with van der Waals surface area (Å²) in [6, 6.07) is 3.51. The zero-order chi connectivity index (χ0) is 27.8. The van der Waals surface area contributed by atoms with E-state index < -0.39 is 41.4 Å². The lowest BCUT2D eigenvalue weighted by Crippen LogP contribution is -2.51. The average Bonchev–Trinajstić information content (AvgIpc) is 3.31. The van der Waals surface area contributed by atoms with E-state index in [0.29, 0.717) is 13.0 Å². The van der Waals surface area contributed by atoms with E-state index in [9.17, 15) is 31.9 Å². The number of aromatic nitrogens is 1. The lowest BCUT2D eigenvalue weighted by molar-refractivity contribution is -0.137. The number of anilines is 2. The molecule has 3 heterocycles. The maximum atomic E-state index is 14.0. The first-order valence-electron chi connectivity index (χ1n) is 12.5. The lowest BCUT2D eigenvalue weighted by Gasteiger charge is -2.38. The molecular formula is C26H31F5N4O3. The van der Waals surface area contributed by atoms with Gasteiger partial charge in [-0.15, -0.1) is 0 Å². The first-order valence-corrected chi connectivity index (χ1v) is 12.5. The highest BCUT2D eigenvalue weighted by Gasteiger charge is 2.44. The summed E-state index contributed by atoms with van der Waals surface area (Å²) in [5.41, 5.74) is -0.595. The van der Waals surface area contributed by atoms with Gasteiger partial charge in [-0.3, -0.25) is 9.69 Å². The minimum atomic E-state index is -4.61. The van der Waals surface area contributed by atoms with Gasteiger partial charge < -0.3 is 19.6 Å². The largest absolute Gasteiger partial charge is 0.416 e. The number of amides is 1. The second-order valence-corrected chi connectivity index (χ2v) is 9.76. The van der Waals surface area contributed by atoms with Crippen LogP contribution in [0.25, 0.3) is 0 Å². The van der Waals surface area contributed by atoms with Crippen LogP contribution < -0.4 is 9.80 Å². The van der Waals surface area contributed by atoms with E-state index >= 15 is 0 Å². The first kappa shape index (κ1) is 28.2. The van der Waals surface area contributed by atoms with Crippen molar-refractivity contribution in [3.05, 3.63) is 53.2 Å². The number of hydrogen-bond donors (Lipinski definition) is 1. The fraction of sp³-hybridized carbons (Fsp3) is 0.538. The number of carbonyl (C=O) groups is 1. The molecule has 1 N–H and O–H groups in total. The van der Waals surface area contributed by atoms with Crippen molar-refractivity contribution >= 4 is 17.4 Å². The number of rotatable bonds is 6. The number of aliphatic hydroxyl groups is 1. The number of likely N-dealkylation sites (N-methyl/N-ethyl adjacent to an activating group) is 2. The van der Waals surface area contributed by atoms with Crippen LogP contribution in [0.5, 0.6) is 0 Å². The van der Waals surface area contributed by atoms with Gasteiger partial charge in [-0.05, 0) is 58.0 Å². The second kappa shape index (κ2) is 11.1. The van der Waals surface area contributed by atoms with Crippen molar-refractivity contribution < 1.29 is 36.6 Å². The Morgan fingerprint density at radius 2 is 1.95 bits per heavy atom. The molecule has 2 unspecified atom stereocenters. The molecule has 4 atom stereocenters. The van der Waals surface area contributed by atoms with Gasteiger partial charge in [0, 0.05) is 49.2 Å². The Hall–Kier alpha value is -2.83. The van der Waals surface area contributed by atoms with Crippen molar-refractivity contribution in [1.82, 2.24) is 9.88 Å². The number of aryl methyl sites for hydroxylation is 1. The standard InChI is InChI=1S/C26H31F5N4O3/c1-4-34(17-5-6-19(27)20(28)11-17)25(37)22-12-18(33(3)21-7-8-38-14-23(21)36)13-35(22)24-10-16(26(29,30)31)9-15(2)32-24/h5-6,9-11,18,21-23,36H,4,7-8,12-14H2,1-3H3/t18?,21-,22?,23-/m1/s1. The van der Waals surface area contributed by atoms with Crippen LogP contribution in [0.4, 0.5) is 33.5 Å². The van der Waals surface area contributed by atoms with Gasteiger partial charge >= 0.3 is 6.18 Å². The van der Waals surface area contributed by atoms with Crippen molar-refractivity contribution in [2.24, 2.45) is 0 Å². The number of ether oxygens (including phenoxy) is 1. The van der Waals surface area contributed by atoms with E-state index in [1.165, 1.54) is 17.9 Å². The van der Waals surface area contributed by atoms with Crippen molar-refractivity contribution in [2.75, 3.05) is 43.2 Å². The fourth-order valence-corrected chi connectivity index (χ4v) is 5.31. The number of carbonyl (C=O) groups excluding carboxylic acids is 1. The van der Waals surface area contributed by atoms with E-state index in [4.69, 9.17) is 4.74 Å². The Bertz CT molecular complexity index is 1160. The summed E-state index contributed by atoms with van der Waals surface area (Å²) in [6.07, 6.45) is -4.56. The van der Waals surface area contributed by atoms with Crippen molar-refractivity contribution in [2.45, 2.75) is 57.1 Å². The number of pyridine rings is 1. The Morgan fingerprint density at radius 1 is 1.21 bits per heavy atom. The number of hydrogen-bond acceptors (Lipinski definition) is 6. The Balaban J connectivity index is 1.71. The van der Waals surface area contributed by atoms with Crippen LogP contribution in [0.15, 0.2) is 30.3 Å². The van der Waals surface area contributed by atoms with Crippen molar-refractivity contribution in [1.29, 1.82) is 0 Å². The third-order valence-corrected chi connectivity index (χ3v) is 7.31. The maximum Gasteiger partial charge on any atom is 0.416 e. The fourth-order valence-electron chi connectivity index (χ4n) is 5.31. The van der Waals surface area contributed by atoms with Crippen LogP contribution in [-0.2, 0) is 15.7 Å². The molecule has 1 aromatic carbocycles. The second-order valence-electron chi connectivity index (χ2n) is 9.76. The predicted molar refractivity (Wildman–Crippen MR) is 131 cm³/mol. The van der Waals surface area contributed by atoms with Gasteiger partial charge in [0.2, 0.25) is 5.91 Å². The minimum absolute atomic E-state index is 0.000408. The number of halogens is 5. The minimum Gasteiger partial charge on any atom is -0.389 e. The molecule has 12 heteroatoms. The van der Waals surface area contributed by atoms with E-state index in [0.717, 1.165) is 24.3 Å². The molecular weight excluding hydrogens is 511 g/mol. The van der Waals surface area contributed by atoms with Gasteiger partial charge in [0.25, 0.3) is 0 Å². The van der Waals surface area contributed by atoms with Gasteiger partial charge in [0.05, 0.1) is 18.3 Å². The van der Waals surface area contributed by atoms with Crippen molar-refractivity contribution in [3.8, 4) is 0 Å². The zero-order valence-electron chi connectivity index (χ0n) is 21.4. The number of benzene rings is 1. The molecule has 2 fully saturated rings.